The van der Waals surface area contributed by atoms with Gasteiger partial charge in [-0.2, -0.15) is 13.5 Å². The quantitative estimate of drug-likeness (QED) is 0.704. The second-order valence-electron chi connectivity index (χ2n) is 7.02. The first-order valence-corrected chi connectivity index (χ1v) is 10.4. The van der Waals surface area contributed by atoms with E-state index in [4.69, 9.17) is 0 Å². The number of anilines is 2. The van der Waals surface area contributed by atoms with Gasteiger partial charge in [0.15, 0.2) is 0 Å². The molecule has 3 aromatic rings. The van der Waals surface area contributed by atoms with E-state index in [1.54, 1.807) is 23.0 Å². The number of aromatic nitrogens is 2. The van der Waals surface area contributed by atoms with Gasteiger partial charge in [-0.05, 0) is 29.7 Å². The summed E-state index contributed by atoms with van der Waals surface area (Å²) in [4.78, 5) is 0.148. The first kappa shape index (κ1) is 18.2. The number of sulfonamides is 1. The fourth-order valence-corrected chi connectivity index (χ4v) is 4.23. The normalized spacial score (nSPS) is 14.9. The standard InChI is InChI=1S/C20H21N5O2S/c1-13(2)14-7-9-16(10-8-14)22-20-23-19-17(15-11-21-25(3)12-15)5-4-6-18(19)28(26,27)24-20/h4-13H,1-3H3,(H2,22,23,24). The highest BCUT2D eigenvalue weighted by Gasteiger charge is 2.27. The van der Waals surface area contributed by atoms with Gasteiger partial charge in [-0.1, -0.05) is 38.1 Å². The first-order chi connectivity index (χ1) is 13.3. The van der Waals surface area contributed by atoms with Gasteiger partial charge in [0.2, 0.25) is 5.96 Å². The summed E-state index contributed by atoms with van der Waals surface area (Å²) in [5, 5.41) is 10.4. The van der Waals surface area contributed by atoms with Gasteiger partial charge < -0.3 is 10.6 Å². The van der Waals surface area contributed by atoms with E-state index in [2.05, 4.69) is 34.0 Å². The van der Waals surface area contributed by atoms with E-state index in [1.807, 2.05) is 43.6 Å². The third-order valence-corrected chi connectivity index (χ3v) is 5.93. The second kappa shape index (κ2) is 6.79. The van der Waals surface area contributed by atoms with Gasteiger partial charge in [-0.3, -0.25) is 4.68 Å². The molecule has 1 aromatic heterocycles. The Morgan fingerprint density at radius 3 is 2.50 bits per heavy atom. The number of nitrogens with zero attached hydrogens (tertiary/aromatic N) is 3. The minimum Gasteiger partial charge on any atom is -0.325 e. The van der Waals surface area contributed by atoms with Crippen LogP contribution in [0.2, 0.25) is 0 Å². The van der Waals surface area contributed by atoms with Crippen LogP contribution in [-0.4, -0.2) is 24.2 Å². The Bertz CT molecular complexity index is 1160. The number of nitrogens with one attached hydrogen (secondary N) is 2. The van der Waals surface area contributed by atoms with Crippen molar-refractivity contribution in [3.63, 3.8) is 0 Å². The van der Waals surface area contributed by atoms with Gasteiger partial charge in [0.1, 0.15) is 4.90 Å². The molecule has 8 heteroatoms. The summed E-state index contributed by atoms with van der Waals surface area (Å²) in [6.45, 7) is 4.25. The summed E-state index contributed by atoms with van der Waals surface area (Å²) in [7, 11) is -2.00. The molecule has 2 heterocycles. The molecule has 7 nitrogen and oxygen atoms in total. The number of rotatable bonds is 3. The predicted octanol–water partition coefficient (Wildman–Crippen LogP) is 3.79. The molecule has 0 aliphatic carbocycles. The van der Waals surface area contributed by atoms with E-state index < -0.39 is 10.0 Å². The average molecular weight is 395 g/mol. The van der Waals surface area contributed by atoms with Crippen molar-refractivity contribution in [2.45, 2.75) is 24.7 Å². The van der Waals surface area contributed by atoms with Crippen molar-refractivity contribution in [2.75, 3.05) is 10.6 Å². The predicted molar refractivity (Wildman–Crippen MR) is 111 cm³/mol. The van der Waals surface area contributed by atoms with Crippen LogP contribution in [-0.2, 0) is 17.1 Å². The number of guanidine groups is 1. The summed E-state index contributed by atoms with van der Waals surface area (Å²) < 4.78 is 31.0. The third kappa shape index (κ3) is 3.38. The molecule has 0 spiro atoms. The minimum atomic E-state index is -3.82. The van der Waals surface area contributed by atoms with E-state index in [-0.39, 0.29) is 10.9 Å². The van der Waals surface area contributed by atoms with Crippen LogP contribution in [0, 0.1) is 0 Å². The maximum Gasteiger partial charge on any atom is 0.287 e. The molecular formula is C20H21N5O2S. The number of aryl methyl sites for hydroxylation is 1. The van der Waals surface area contributed by atoms with E-state index in [1.165, 1.54) is 5.56 Å². The zero-order valence-corrected chi connectivity index (χ0v) is 16.7. The zero-order valence-electron chi connectivity index (χ0n) is 15.8. The van der Waals surface area contributed by atoms with Crippen molar-refractivity contribution in [3.05, 3.63) is 60.4 Å². The molecule has 144 valence electrons. The molecule has 2 N–H and O–H groups in total. The van der Waals surface area contributed by atoms with Gasteiger partial charge in [0, 0.05) is 30.1 Å². The van der Waals surface area contributed by atoms with Crippen molar-refractivity contribution in [2.24, 2.45) is 11.4 Å². The van der Waals surface area contributed by atoms with Crippen LogP contribution in [0.25, 0.3) is 11.1 Å². The topological polar surface area (TPSA) is 88.4 Å². The second-order valence-corrected chi connectivity index (χ2v) is 8.60. The Morgan fingerprint density at radius 2 is 1.86 bits per heavy atom. The lowest BCUT2D eigenvalue weighted by Crippen LogP contribution is -2.28. The van der Waals surface area contributed by atoms with Crippen LogP contribution in [0.15, 0.2) is 64.2 Å². The Hall–Kier alpha value is -3.13. The SMILES string of the molecule is CC(C)c1ccc(NC2=NS(=O)(=O)c3cccc(-c4cnn(C)c4)c3N2)cc1. The molecule has 0 atom stereocenters. The van der Waals surface area contributed by atoms with E-state index >= 15 is 0 Å². The minimum absolute atomic E-state index is 0.148. The number of hydrogen-bond donors (Lipinski definition) is 2. The summed E-state index contributed by atoms with van der Waals surface area (Å²) in [6, 6.07) is 13.0. The molecule has 0 amide bonds. The van der Waals surface area contributed by atoms with Crippen LogP contribution in [0.1, 0.15) is 25.3 Å². The Kier molecular flexibility index (Phi) is 4.43. The van der Waals surface area contributed by atoms with Crippen molar-refractivity contribution in [1.82, 2.24) is 9.78 Å². The van der Waals surface area contributed by atoms with Crippen molar-refractivity contribution in [3.8, 4) is 11.1 Å². The highest BCUT2D eigenvalue weighted by atomic mass is 32.2. The fourth-order valence-electron chi connectivity index (χ4n) is 3.13. The molecule has 2 aromatic carbocycles. The molecule has 4 rings (SSSR count). The van der Waals surface area contributed by atoms with Crippen LogP contribution < -0.4 is 10.6 Å². The lowest BCUT2D eigenvalue weighted by molar-refractivity contribution is 0.598. The maximum atomic E-state index is 12.7. The first-order valence-electron chi connectivity index (χ1n) is 8.94. The smallest absolute Gasteiger partial charge is 0.287 e. The Morgan fingerprint density at radius 1 is 1.11 bits per heavy atom. The molecule has 0 radical (unpaired) electrons. The van der Waals surface area contributed by atoms with Crippen LogP contribution >= 0.6 is 0 Å². The molecule has 1 aliphatic rings. The van der Waals surface area contributed by atoms with E-state index in [0.29, 0.717) is 11.6 Å². The Balaban J connectivity index is 1.70. The van der Waals surface area contributed by atoms with Gasteiger partial charge in [0.05, 0.1) is 11.9 Å². The fraction of sp³-hybridized carbons (Fsp3) is 0.200. The Labute approximate surface area is 164 Å². The summed E-state index contributed by atoms with van der Waals surface area (Å²) in [5.74, 6) is 0.592. The lowest BCUT2D eigenvalue weighted by atomic mass is 10.0. The molecule has 1 aliphatic heterocycles. The van der Waals surface area contributed by atoms with Crippen molar-refractivity contribution in [1.29, 1.82) is 0 Å². The number of benzene rings is 2. The monoisotopic (exact) mass is 395 g/mol. The molecule has 0 saturated heterocycles. The summed E-state index contributed by atoms with van der Waals surface area (Å²) in [6.07, 6.45) is 3.54. The largest absolute Gasteiger partial charge is 0.325 e. The van der Waals surface area contributed by atoms with Crippen LogP contribution in [0.3, 0.4) is 0 Å². The molecule has 0 unspecified atom stereocenters. The van der Waals surface area contributed by atoms with Crippen molar-refractivity contribution < 1.29 is 8.42 Å². The number of para-hydroxylation sites is 1. The highest BCUT2D eigenvalue weighted by Crippen LogP contribution is 2.36. The maximum absolute atomic E-state index is 12.7. The summed E-state index contributed by atoms with van der Waals surface area (Å²) in [5.41, 5.74) is 4.03. The van der Waals surface area contributed by atoms with E-state index in [0.717, 1.165) is 16.8 Å². The molecular weight excluding hydrogens is 374 g/mol. The lowest BCUT2D eigenvalue weighted by Gasteiger charge is -2.21. The van der Waals surface area contributed by atoms with Gasteiger partial charge in [-0.25, -0.2) is 0 Å². The van der Waals surface area contributed by atoms with Crippen LogP contribution in [0.4, 0.5) is 11.4 Å². The summed E-state index contributed by atoms with van der Waals surface area (Å²) >= 11 is 0. The number of fused-ring (bicyclic) bond motifs is 1. The van der Waals surface area contributed by atoms with Gasteiger partial charge >= 0.3 is 0 Å². The molecule has 28 heavy (non-hydrogen) atoms. The van der Waals surface area contributed by atoms with E-state index in [9.17, 15) is 8.42 Å². The van der Waals surface area contributed by atoms with Gasteiger partial charge in [-0.15, -0.1) is 4.40 Å². The highest BCUT2D eigenvalue weighted by molar-refractivity contribution is 7.90. The third-order valence-electron chi connectivity index (χ3n) is 4.61. The molecule has 0 fully saturated rings. The molecule has 0 saturated carbocycles. The molecule has 0 bridgehead atoms. The zero-order chi connectivity index (χ0) is 19.9. The van der Waals surface area contributed by atoms with Gasteiger partial charge in [0.25, 0.3) is 10.0 Å². The average Bonchev–Trinajstić information content (AvgIpc) is 3.07. The van der Waals surface area contributed by atoms with Crippen molar-refractivity contribution >= 4 is 27.4 Å². The number of hydrogen-bond acceptors (Lipinski definition) is 5. The van der Waals surface area contributed by atoms with Crippen LogP contribution in [0.5, 0.6) is 0 Å².